The van der Waals surface area contributed by atoms with Gasteiger partial charge in [0.25, 0.3) is 0 Å². The van der Waals surface area contributed by atoms with Crippen molar-refractivity contribution in [2.75, 3.05) is 0 Å². The Bertz CT molecular complexity index is 688. The van der Waals surface area contributed by atoms with Gasteiger partial charge in [-0.3, -0.25) is 9.59 Å². The SMILES string of the molecule is CC(=O)O[C@H]1C[C@@]2(C)C(CCC2[NH+]([O-])O)C2CCC3=CC(=O)CC[C@]3(C)C21. The van der Waals surface area contributed by atoms with Gasteiger partial charge in [0.05, 0.1) is 0 Å². The van der Waals surface area contributed by atoms with E-state index < -0.39 is 5.23 Å². The van der Waals surface area contributed by atoms with E-state index in [-0.39, 0.29) is 40.6 Å². The van der Waals surface area contributed by atoms with E-state index in [4.69, 9.17) is 4.74 Å². The molecule has 0 aromatic carbocycles. The van der Waals surface area contributed by atoms with Crippen LogP contribution in [0.15, 0.2) is 11.6 Å². The van der Waals surface area contributed by atoms with E-state index in [1.165, 1.54) is 12.5 Å². The first kappa shape index (κ1) is 19.1. The van der Waals surface area contributed by atoms with Gasteiger partial charge in [-0.15, -0.1) is 0 Å². The molecule has 150 valence electrons. The summed E-state index contributed by atoms with van der Waals surface area (Å²) in [6, 6.07) is -0.362. The minimum atomic E-state index is -0.717. The van der Waals surface area contributed by atoms with Gasteiger partial charge in [0, 0.05) is 31.1 Å². The third kappa shape index (κ3) is 2.79. The highest BCUT2D eigenvalue weighted by Crippen LogP contribution is 2.65. The Balaban J connectivity index is 1.76. The summed E-state index contributed by atoms with van der Waals surface area (Å²) in [5.74, 6) is 0.800. The van der Waals surface area contributed by atoms with Gasteiger partial charge in [-0.25, -0.2) is 10.4 Å². The van der Waals surface area contributed by atoms with Crippen molar-refractivity contribution < 1.29 is 24.8 Å². The Morgan fingerprint density at radius 2 is 2.04 bits per heavy atom. The van der Waals surface area contributed by atoms with E-state index >= 15 is 0 Å². The van der Waals surface area contributed by atoms with Crippen LogP contribution in [0.5, 0.6) is 0 Å². The minimum Gasteiger partial charge on any atom is -0.600 e. The molecule has 0 radical (unpaired) electrons. The zero-order valence-corrected chi connectivity index (χ0v) is 16.5. The predicted molar refractivity (Wildman–Crippen MR) is 97.6 cm³/mol. The number of esters is 1. The van der Waals surface area contributed by atoms with E-state index in [2.05, 4.69) is 13.8 Å². The first-order valence-corrected chi connectivity index (χ1v) is 10.3. The summed E-state index contributed by atoms with van der Waals surface area (Å²) in [4.78, 5) is 23.9. The number of ketones is 1. The monoisotopic (exact) mass is 377 g/mol. The Morgan fingerprint density at radius 1 is 1.30 bits per heavy atom. The van der Waals surface area contributed by atoms with E-state index in [0.717, 1.165) is 25.7 Å². The summed E-state index contributed by atoms with van der Waals surface area (Å²) in [5.41, 5.74) is 0.767. The van der Waals surface area contributed by atoms with Gasteiger partial charge in [-0.1, -0.05) is 19.4 Å². The second kappa shape index (κ2) is 6.39. The molecule has 4 aliphatic carbocycles. The van der Waals surface area contributed by atoms with Gasteiger partial charge in [-0.05, 0) is 55.4 Å². The van der Waals surface area contributed by atoms with Crippen LogP contribution < -0.4 is 5.23 Å². The molecule has 0 aromatic rings. The highest BCUT2D eigenvalue weighted by molar-refractivity contribution is 5.91. The van der Waals surface area contributed by atoms with Gasteiger partial charge in [-0.2, -0.15) is 0 Å². The number of fused-ring (bicyclic) bond motifs is 5. The Morgan fingerprint density at radius 3 is 2.70 bits per heavy atom. The molecule has 4 aliphatic rings. The van der Waals surface area contributed by atoms with Crippen molar-refractivity contribution in [2.45, 2.75) is 77.9 Å². The van der Waals surface area contributed by atoms with Crippen molar-refractivity contribution in [3.8, 4) is 0 Å². The maximum atomic E-state index is 12.0. The number of carbonyl (C=O) groups excluding carboxylic acids is 2. The molecule has 6 nitrogen and oxygen atoms in total. The minimum absolute atomic E-state index is 0.125. The van der Waals surface area contributed by atoms with Crippen LogP contribution in [0.25, 0.3) is 0 Å². The normalized spacial score (nSPS) is 47.4. The number of carbonyl (C=O) groups is 2. The van der Waals surface area contributed by atoms with Gasteiger partial charge < -0.3 is 9.94 Å². The Hall–Kier alpha value is -1.24. The summed E-state index contributed by atoms with van der Waals surface area (Å²) >= 11 is 0. The number of hydrogen-bond donors (Lipinski definition) is 2. The van der Waals surface area contributed by atoms with Gasteiger partial charge >= 0.3 is 5.97 Å². The molecule has 8 atom stereocenters. The fourth-order valence-electron chi connectivity index (χ4n) is 7.38. The Kier molecular flexibility index (Phi) is 4.52. The standard InChI is InChI=1S/C21H31NO5/c1-12(23)27-17-11-21(3)16(6-7-18(21)22(25)26)15-5-4-13-10-14(24)8-9-20(13,2)19(15)17/h10,15-19,22,25H,4-9,11H2,1-3H3/t15?,16?,17-,18?,19?,20-,21-/m0/s1. The molecule has 0 aliphatic heterocycles. The number of rotatable bonds is 2. The van der Waals surface area contributed by atoms with Gasteiger partial charge in [0.2, 0.25) is 0 Å². The second-order valence-electron chi connectivity index (χ2n) is 9.71. The molecule has 3 saturated carbocycles. The molecule has 0 bridgehead atoms. The largest absolute Gasteiger partial charge is 0.600 e. The van der Waals surface area contributed by atoms with Crippen LogP contribution in [-0.4, -0.2) is 29.1 Å². The molecule has 0 saturated heterocycles. The maximum Gasteiger partial charge on any atom is 0.302 e. The number of nitrogens with one attached hydrogen (secondary N) is 1. The molecule has 27 heavy (non-hydrogen) atoms. The zero-order valence-electron chi connectivity index (χ0n) is 16.5. The van der Waals surface area contributed by atoms with E-state index in [1.54, 1.807) is 0 Å². The van der Waals surface area contributed by atoms with Crippen molar-refractivity contribution in [1.29, 1.82) is 0 Å². The molecule has 2 N–H and O–H groups in total. The molecule has 4 rings (SSSR count). The molecular formula is C21H31NO5. The van der Waals surface area contributed by atoms with Crippen LogP contribution in [-0.2, 0) is 14.3 Å². The van der Waals surface area contributed by atoms with Crippen LogP contribution in [0.1, 0.15) is 65.7 Å². The summed E-state index contributed by atoms with van der Waals surface area (Å²) in [6.07, 6.45) is 7.07. The third-order valence-electron chi connectivity index (χ3n) is 8.49. The van der Waals surface area contributed by atoms with Crippen LogP contribution >= 0.6 is 0 Å². The Labute approximate surface area is 160 Å². The van der Waals surface area contributed by atoms with E-state index in [0.29, 0.717) is 31.1 Å². The van der Waals surface area contributed by atoms with E-state index in [1.807, 2.05) is 6.08 Å². The fraction of sp³-hybridized carbons (Fsp3) is 0.810. The van der Waals surface area contributed by atoms with Gasteiger partial charge in [0.1, 0.15) is 12.1 Å². The summed E-state index contributed by atoms with van der Waals surface area (Å²) in [6.45, 7) is 5.79. The lowest BCUT2D eigenvalue weighted by Crippen LogP contribution is -3.10. The topological polar surface area (TPSA) is 91.1 Å². The van der Waals surface area contributed by atoms with Crippen molar-refractivity contribution in [2.24, 2.45) is 28.6 Å². The molecule has 3 fully saturated rings. The van der Waals surface area contributed by atoms with Crippen LogP contribution in [0.3, 0.4) is 0 Å². The van der Waals surface area contributed by atoms with Crippen LogP contribution in [0, 0.1) is 33.8 Å². The predicted octanol–water partition coefficient (Wildman–Crippen LogP) is 2.20. The number of ether oxygens (including phenoxy) is 1. The number of quaternary nitrogens is 1. The zero-order chi connectivity index (χ0) is 19.6. The quantitative estimate of drug-likeness (QED) is 0.569. The number of hydrogen-bond acceptors (Lipinski definition) is 5. The number of allylic oxidation sites excluding steroid dienone is 1. The lowest BCUT2D eigenvalue weighted by molar-refractivity contribution is -1.07. The third-order valence-corrected chi connectivity index (χ3v) is 8.49. The summed E-state index contributed by atoms with van der Waals surface area (Å²) in [5, 5.41) is 21.0. The van der Waals surface area contributed by atoms with E-state index in [9.17, 15) is 20.0 Å². The van der Waals surface area contributed by atoms with Crippen molar-refractivity contribution in [3.05, 3.63) is 16.9 Å². The highest BCUT2D eigenvalue weighted by atomic mass is 16.8. The molecule has 0 amide bonds. The number of hydroxylamine groups is 2. The highest BCUT2D eigenvalue weighted by Gasteiger charge is 2.64. The van der Waals surface area contributed by atoms with Gasteiger partial charge in [0.15, 0.2) is 5.78 Å². The van der Waals surface area contributed by atoms with Crippen molar-refractivity contribution in [1.82, 2.24) is 0 Å². The molecule has 0 aromatic heterocycles. The molecular weight excluding hydrogens is 346 g/mol. The summed E-state index contributed by atoms with van der Waals surface area (Å²) < 4.78 is 5.86. The van der Waals surface area contributed by atoms with Crippen LogP contribution in [0.4, 0.5) is 0 Å². The molecule has 6 heteroatoms. The smallest absolute Gasteiger partial charge is 0.302 e. The van der Waals surface area contributed by atoms with Crippen molar-refractivity contribution >= 4 is 11.8 Å². The molecule has 5 unspecified atom stereocenters. The molecule has 0 spiro atoms. The lowest BCUT2D eigenvalue weighted by atomic mass is 9.46. The molecule has 0 heterocycles. The fourth-order valence-corrected chi connectivity index (χ4v) is 7.38. The average Bonchev–Trinajstić information content (AvgIpc) is 2.91. The first-order valence-electron chi connectivity index (χ1n) is 10.3. The second-order valence-corrected chi connectivity index (χ2v) is 9.71. The van der Waals surface area contributed by atoms with Crippen molar-refractivity contribution in [3.63, 3.8) is 0 Å². The van der Waals surface area contributed by atoms with Crippen LogP contribution in [0.2, 0.25) is 0 Å². The summed E-state index contributed by atoms with van der Waals surface area (Å²) in [7, 11) is 0. The lowest BCUT2D eigenvalue weighted by Gasteiger charge is -2.59. The average molecular weight is 377 g/mol. The maximum absolute atomic E-state index is 12.0. The first-order chi connectivity index (χ1) is 12.7.